The zero-order valence-electron chi connectivity index (χ0n) is 34.8. The van der Waals surface area contributed by atoms with Crippen LogP contribution in [0.1, 0.15) is 81.5 Å². The number of benzene rings is 2. The number of anilines is 1. The van der Waals surface area contributed by atoms with E-state index in [2.05, 4.69) is 10.2 Å². The lowest BCUT2D eigenvalue weighted by Gasteiger charge is -2.41. The number of hydrogen-bond donors (Lipinski definition) is 2. The molecule has 1 atom stereocenters. The first-order valence-corrected chi connectivity index (χ1v) is 20.9. The van der Waals surface area contributed by atoms with Crippen LogP contribution >= 0.6 is 0 Å². The van der Waals surface area contributed by atoms with Gasteiger partial charge >= 0.3 is 24.1 Å². The van der Waals surface area contributed by atoms with E-state index in [1.54, 1.807) is 25.7 Å². The van der Waals surface area contributed by atoms with Gasteiger partial charge in [0.15, 0.2) is 6.10 Å². The molecule has 4 heterocycles. The summed E-state index contributed by atoms with van der Waals surface area (Å²) >= 11 is 0. The second-order valence-corrected chi connectivity index (χ2v) is 17.5. The highest BCUT2D eigenvalue weighted by Gasteiger charge is 2.37. The standard InChI is InChI=1S/C44H61N5O9/c1-29-24-31(25-30(2)39(29)51)26-37(58-43(55)48-21-15-35(16-22-48)49-23-14-34-8-6-7-9-36(34)45-42(49)54)40(52)47-19-12-33(13-20-47)32-10-17-46(18-11-32)27-38(50)56-28-57-41(53)44(3,4)5/h6-9,24-25,32-33,35,37,51H,10-23,26-28H2,1-5H3,(H,45,54)/t37-/m1/s1. The number of fused-ring (bicyclic) bond motifs is 1. The number of phenolic OH excluding ortho intramolecular Hbond substituents is 1. The van der Waals surface area contributed by atoms with E-state index in [1.165, 1.54) is 0 Å². The number of likely N-dealkylation sites (tertiary alicyclic amines) is 3. The van der Waals surface area contributed by atoms with Crippen molar-refractivity contribution >= 4 is 35.7 Å². The highest BCUT2D eigenvalue weighted by Crippen LogP contribution is 2.33. The Morgan fingerprint density at radius 3 is 2.07 bits per heavy atom. The molecule has 2 aromatic carbocycles. The predicted molar refractivity (Wildman–Crippen MR) is 217 cm³/mol. The Morgan fingerprint density at radius 2 is 1.43 bits per heavy atom. The van der Waals surface area contributed by atoms with Gasteiger partial charge in [0.2, 0.25) is 6.79 Å². The molecule has 0 aromatic heterocycles. The van der Waals surface area contributed by atoms with E-state index in [0.717, 1.165) is 62.0 Å². The van der Waals surface area contributed by atoms with Gasteiger partial charge in [-0.25, -0.2) is 9.59 Å². The predicted octanol–water partition coefficient (Wildman–Crippen LogP) is 5.65. The molecule has 14 nitrogen and oxygen atoms in total. The molecule has 0 aliphatic carbocycles. The van der Waals surface area contributed by atoms with Crippen LogP contribution in [0.2, 0.25) is 0 Å². The second-order valence-electron chi connectivity index (χ2n) is 17.5. The summed E-state index contributed by atoms with van der Waals surface area (Å²) in [6.45, 7) is 12.7. The fourth-order valence-electron chi connectivity index (χ4n) is 8.82. The third-order valence-electron chi connectivity index (χ3n) is 12.3. The minimum atomic E-state index is -1.03. The van der Waals surface area contributed by atoms with Crippen LogP contribution in [-0.4, -0.2) is 126 Å². The SMILES string of the molecule is Cc1cc(C[C@@H](OC(=O)N2CCC(N3CCc4ccccc4NC3=O)CC2)C(=O)N2CCC(C3CCN(CC(=O)OCOC(=O)C(C)(C)C)CC3)CC2)cc(C)c1O. The minimum Gasteiger partial charge on any atom is -0.507 e. The highest BCUT2D eigenvalue weighted by molar-refractivity contribution is 5.91. The zero-order valence-corrected chi connectivity index (χ0v) is 34.8. The minimum absolute atomic E-state index is 0.0136. The average Bonchev–Trinajstić information content (AvgIpc) is 3.37. The third kappa shape index (κ3) is 10.8. The molecule has 316 valence electrons. The molecule has 6 rings (SSSR count). The molecule has 2 aromatic rings. The van der Waals surface area contributed by atoms with Gasteiger partial charge in [-0.05, 0) is 133 Å². The normalized spacial score (nSPS) is 19.5. The molecule has 3 saturated heterocycles. The van der Waals surface area contributed by atoms with Gasteiger partial charge in [0.25, 0.3) is 5.91 Å². The number of amides is 4. The summed E-state index contributed by atoms with van der Waals surface area (Å²) in [7, 11) is 0. The number of piperidine rings is 3. The maximum atomic E-state index is 14.2. The molecule has 58 heavy (non-hydrogen) atoms. The molecule has 4 aliphatic heterocycles. The fraction of sp³-hybridized carbons (Fsp3) is 0.614. The number of carbonyl (C=O) groups excluding carboxylic acids is 5. The Labute approximate surface area is 342 Å². The molecule has 0 radical (unpaired) electrons. The quantitative estimate of drug-likeness (QED) is 0.227. The summed E-state index contributed by atoms with van der Waals surface area (Å²) in [5, 5.41) is 13.5. The first-order chi connectivity index (χ1) is 27.7. The lowest BCUT2D eigenvalue weighted by atomic mass is 9.78. The van der Waals surface area contributed by atoms with Gasteiger partial charge in [-0.15, -0.1) is 0 Å². The molecular formula is C44H61N5O9. The molecule has 0 spiro atoms. The van der Waals surface area contributed by atoms with Crippen LogP contribution in [0, 0.1) is 31.1 Å². The molecule has 0 bridgehead atoms. The van der Waals surface area contributed by atoms with E-state index in [-0.39, 0.29) is 43.5 Å². The number of aryl methyl sites for hydroxylation is 2. The fourth-order valence-corrected chi connectivity index (χ4v) is 8.82. The number of esters is 2. The number of nitrogens with zero attached hydrogens (tertiary/aromatic N) is 4. The first kappa shape index (κ1) is 42.7. The topological polar surface area (TPSA) is 158 Å². The van der Waals surface area contributed by atoms with Gasteiger partial charge in [-0.1, -0.05) is 30.3 Å². The lowest BCUT2D eigenvalue weighted by molar-refractivity contribution is -0.173. The van der Waals surface area contributed by atoms with Crippen LogP contribution in [0.25, 0.3) is 0 Å². The van der Waals surface area contributed by atoms with E-state index in [9.17, 15) is 29.1 Å². The van der Waals surface area contributed by atoms with Crippen molar-refractivity contribution in [3.63, 3.8) is 0 Å². The van der Waals surface area contributed by atoms with Crippen LogP contribution in [0.4, 0.5) is 15.3 Å². The highest BCUT2D eigenvalue weighted by atomic mass is 16.7. The molecular weight excluding hydrogens is 743 g/mol. The summed E-state index contributed by atoms with van der Waals surface area (Å²) in [6.07, 6.45) is 4.18. The van der Waals surface area contributed by atoms with Crippen molar-refractivity contribution in [1.82, 2.24) is 19.6 Å². The van der Waals surface area contributed by atoms with E-state index in [1.807, 2.05) is 60.0 Å². The van der Waals surface area contributed by atoms with Crippen LogP contribution in [0.5, 0.6) is 5.75 Å². The van der Waals surface area contributed by atoms with Crippen LogP contribution < -0.4 is 5.32 Å². The van der Waals surface area contributed by atoms with Crippen molar-refractivity contribution < 1.29 is 43.3 Å². The maximum absolute atomic E-state index is 14.2. The third-order valence-corrected chi connectivity index (χ3v) is 12.3. The van der Waals surface area contributed by atoms with Crippen molar-refractivity contribution in [1.29, 1.82) is 0 Å². The number of hydrogen-bond acceptors (Lipinski definition) is 10. The van der Waals surface area contributed by atoms with E-state index in [4.69, 9.17) is 14.2 Å². The van der Waals surface area contributed by atoms with Crippen LogP contribution in [-0.2, 0) is 41.4 Å². The Hall–Kier alpha value is -4.85. The van der Waals surface area contributed by atoms with Gasteiger partial charge in [0, 0.05) is 50.9 Å². The summed E-state index contributed by atoms with van der Waals surface area (Å²) in [6, 6.07) is 11.4. The Kier molecular flexibility index (Phi) is 13.9. The van der Waals surface area contributed by atoms with Crippen LogP contribution in [0.15, 0.2) is 36.4 Å². The van der Waals surface area contributed by atoms with Crippen molar-refractivity contribution in [2.45, 2.75) is 98.1 Å². The summed E-state index contributed by atoms with van der Waals surface area (Å²) in [5.74, 6) is 0.0751. The average molecular weight is 804 g/mol. The Morgan fingerprint density at radius 1 is 0.828 bits per heavy atom. The monoisotopic (exact) mass is 803 g/mol. The Balaban J connectivity index is 0.997. The number of ether oxygens (including phenoxy) is 3. The van der Waals surface area contributed by atoms with Crippen LogP contribution in [0.3, 0.4) is 0 Å². The van der Waals surface area contributed by atoms with E-state index < -0.39 is 29.6 Å². The maximum Gasteiger partial charge on any atom is 0.410 e. The molecule has 4 aliphatic rings. The number of urea groups is 1. The first-order valence-electron chi connectivity index (χ1n) is 20.9. The zero-order chi connectivity index (χ0) is 41.6. The van der Waals surface area contributed by atoms with Gasteiger partial charge in [0.05, 0.1) is 12.0 Å². The van der Waals surface area contributed by atoms with Gasteiger partial charge in [0.1, 0.15) is 5.75 Å². The van der Waals surface area contributed by atoms with Gasteiger partial charge < -0.3 is 39.3 Å². The smallest absolute Gasteiger partial charge is 0.410 e. The number of para-hydroxylation sites is 1. The van der Waals surface area contributed by atoms with Gasteiger partial charge in [-0.3, -0.25) is 19.3 Å². The van der Waals surface area contributed by atoms with E-state index in [0.29, 0.717) is 68.5 Å². The lowest BCUT2D eigenvalue weighted by Crippen LogP contribution is -2.52. The van der Waals surface area contributed by atoms with Gasteiger partial charge in [-0.2, -0.15) is 0 Å². The molecule has 4 amide bonds. The summed E-state index contributed by atoms with van der Waals surface area (Å²) in [4.78, 5) is 72.8. The number of phenols is 1. The molecule has 2 N–H and O–H groups in total. The van der Waals surface area contributed by atoms with Crippen molar-refractivity contribution in [3.05, 3.63) is 58.7 Å². The van der Waals surface area contributed by atoms with Crippen molar-refractivity contribution in [2.24, 2.45) is 17.3 Å². The summed E-state index contributed by atoms with van der Waals surface area (Å²) < 4.78 is 16.3. The number of rotatable bonds is 10. The molecule has 0 saturated carbocycles. The van der Waals surface area contributed by atoms with E-state index >= 15 is 0 Å². The summed E-state index contributed by atoms with van der Waals surface area (Å²) in [5.41, 5.74) is 3.48. The second kappa shape index (κ2) is 18.8. The number of aromatic hydroxyl groups is 1. The van der Waals surface area contributed by atoms with Crippen molar-refractivity contribution in [2.75, 3.05) is 64.5 Å². The Bertz CT molecular complexity index is 1780. The largest absolute Gasteiger partial charge is 0.507 e. The number of carbonyl (C=O) groups is 5. The molecule has 3 fully saturated rings. The number of nitrogens with one attached hydrogen (secondary N) is 1. The molecule has 14 heteroatoms. The van der Waals surface area contributed by atoms with Crippen molar-refractivity contribution in [3.8, 4) is 5.75 Å². The molecule has 0 unspecified atom stereocenters.